The smallest absolute Gasteiger partial charge is 0.254 e. The van der Waals surface area contributed by atoms with Gasteiger partial charge in [0.1, 0.15) is 0 Å². The van der Waals surface area contributed by atoms with Crippen molar-refractivity contribution in [1.82, 2.24) is 9.21 Å². The molecule has 2 aromatic rings. The molecule has 1 aliphatic heterocycles. The number of hydrogen-bond donors (Lipinski definition) is 1. The fourth-order valence-electron chi connectivity index (χ4n) is 3.07. The molecule has 8 nitrogen and oxygen atoms in total. The number of ether oxygens (including phenoxy) is 1. The van der Waals surface area contributed by atoms with Crippen LogP contribution >= 0.6 is 0 Å². The molecule has 0 radical (unpaired) electrons. The van der Waals surface area contributed by atoms with Gasteiger partial charge >= 0.3 is 0 Å². The zero-order chi connectivity index (χ0) is 21.7. The molecule has 160 valence electrons. The maximum absolute atomic E-state index is 12.8. The summed E-state index contributed by atoms with van der Waals surface area (Å²) in [5.74, 6) is -0.778. The Kier molecular flexibility index (Phi) is 6.86. The number of rotatable bonds is 6. The second kappa shape index (κ2) is 9.38. The number of benzene rings is 2. The van der Waals surface area contributed by atoms with Crippen LogP contribution in [0.2, 0.25) is 0 Å². The minimum atomic E-state index is -3.71. The first-order chi connectivity index (χ1) is 14.3. The highest BCUT2D eigenvalue weighted by molar-refractivity contribution is 7.89. The van der Waals surface area contributed by atoms with E-state index in [1.165, 1.54) is 40.5 Å². The normalized spacial score (nSPS) is 14.9. The van der Waals surface area contributed by atoms with Gasteiger partial charge in [0.15, 0.2) is 0 Å². The van der Waals surface area contributed by atoms with Crippen LogP contribution in [0, 0.1) is 6.92 Å². The topological polar surface area (TPSA) is 96.0 Å². The Morgan fingerprint density at radius 3 is 2.43 bits per heavy atom. The van der Waals surface area contributed by atoms with Crippen molar-refractivity contribution in [3.63, 3.8) is 0 Å². The largest absolute Gasteiger partial charge is 0.379 e. The second-order valence-corrected chi connectivity index (χ2v) is 9.06. The highest BCUT2D eigenvalue weighted by Crippen LogP contribution is 2.19. The minimum absolute atomic E-state index is 0.0488. The highest BCUT2D eigenvalue weighted by atomic mass is 32.2. The number of likely N-dealkylation sites (N-methyl/N-ethyl adjacent to an activating group) is 1. The highest BCUT2D eigenvalue weighted by Gasteiger charge is 2.27. The van der Waals surface area contributed by atoms with Crippen molar-refractivity contribution in [2.75, 3.05) is 45.2 Å². The van der Waals surface area contributed by atoms with Crippen molar-refractivity contribution in [3.05, 3.63) is 59.7 Å². The van der Waals surface area contributed by atoms with E-state index in [9.17, 15) is 18.0 Å². The van der Waals surface area contributed by atoms with Crippen molar-refractivity contribution < 1.29 is 22.7 Å². The van der Waals surface area contributed by atoms with Gasteiger partial charge in [0.2, 0.25) is 15.9 Å². The van der Waals surface area contributed by atoms with Crippen molar-refractivity contribution in [3.8, 4) is 0 Å². The lowest BCUT2D eigenvalue weighted by molar-refractivity contribution is -0.116. The summed E-state index contributed by atoms with van der Waals surface area (Å²) in [6.07, 6.45) is 0. The van der Waals surface area contributed by atoms with Gasteiger partial charge in [0.05, 0.1) is 24.7 Å². The third-order valence-corrected chi connectivity index (χ3v) is 6.65. The lowest BCUT2D eigenvalue weighted by Gasteiger charge is -2.26. The Hall–Kier alpha value is -2.75. The summed E-state index contributed by atoms with van der Waals surface area (Å²) >= 11 is 0. The summed E-state index contributed by atoms with van der Waals surface area (Å²) in [4.78, 5) is 26.3. The van der Waals surface area contributed by atoms with Crippen LogP contribution < -0.4 is 5.32 Å². The van der Waals surface area contributed by atoms with Gasteiger partial charge in [-0.2, -0.15) is 4.31 Å². The van der Waals surface area contributed by atoms with E-state index < -0.39 is 15.9 Å². The van der Waals surface area contributed by atoms with Crippen molar-refractivity contribution >= 4 is 27.5 Å². The van der Waals surface area contributed by atoms with E-state index in [1.807, 2.05) is 19.1 Å². The molecule has 2 aromatic carbocycles. The fourth-order valence-corrected chi connectivity index (χ4v) is 4.52. The van der Waals surface area contributed by atoms with Crippen molar-refractivity contribution in [1.29, 1.82) is 0 Å². The quantitative estimate of drug-likeness (QED) is 0.752. The van der Waals surface area contributed by atoms with E-state index in [0.717, 1.165) is 5.56 Å². The molecule has 1 heterocycles. The van der Waals surface area contributed by atoms with Crippen LogP contribution in [-0.2, 0) is 19.6 Å². The summed E-state index contributed by atoms with van der Waals surface area (Å²) in [5, 5.41) is 2.74. The molecule has 2 amide bonds. The number of carbonyl (C=O) groups is 2. The second-order valence-electron chi connectivity index (χ2n) is 7.12. The average Bonchev–Trinajstić information content (AvgIpc) is 2.75. The van der Waals surface area contributed by atoms with Crippen LogP contribution in [0.1, 0.15) is 15.9 Å². The first-order valence-electron chi connectivity index (χ1n) is 9.57. The molecule has 0 aliphatic carbocycles. The maximum atomic E-state index is 12.8. The Morgan fingerprint density at radius 2 is 1.77 bits per heavy atom. The van der Waals surface area contributed by atoms with Gasteiger partial charge in [-0.15, -0.1) is 0 Å². The molecule has 0 bridgehead atoms. The Bertz CT molecular complexity index is 1020. The number of nitrogens with one attached hydrogen (secondary N) is 1. The standard InChI is InChI=1S/C21H25N3O5S/c1-16-6-8-18(9-7-16)22-20(25)15-23(2)21(26)17-4-3-5-19(14-17)30(27,28)24-10-12-29-13-11-24/h3-9,14H,10-13,15H2,1-2H3,(H,22,25). The van der Waals surface area contributed by atoms with Crippen molar-refractivity contribution in [2.24, 2.45) is 0 Å². The van der Waals surface area contributed by atoms with E-state index in [0.29, 0.717) is 18.9 Å². The van der Waals surface area contributed by atoms with Crippen LogP contribution in [0.15, 0.2) is 53.4 Å². The van der Waals surface area contributed by atoms with Gasteiger partial charge in [-0.05, 0) is 37.3 Å². The van der Waals surface area contributed by atoms with Crippen LogP contribution in [0.5, 0.6) is 0 Å². The molecule has 30 heavy (non-hydrogen) atoms. The zero-order valence-electron chi connectivity index (χ0n) is 17.0. The molecular weight excluding hydrogens is 406 g/mol. The van der Waals surface area contributed by atoms with Crippen LogP contribution in [-0.4, -0.2) is 69.3 Å². The van der Waals surface area contributed by atoms with Gasteiger partial charge < -0.3 is 15.0 Å². The number of morpholine rings is 1. The van der Waals surface area contributed by atoms with Crippen LogP contribution in [0.25, 0.3) is 0 Å². The summed E-state index contributed by atoms with van der Waals surface area (Å²) in [6, 6.07) is 13.2. The van der Waals surface area contributed by atoms with Gasteiger partial charge in [-0.3, -0.25) is 9.59 Å². The Balaban J connectivity index is 1.67. The van der Waals surface area contributed by atoms with Crippen LogP contribution in [0.4, 0.5) is 5.69 Å². The molecule has 1 fully saturated rings. The van der Waals surface area contributed by atoms with E-state index in [2.05, 4.69) is 5.32 Å². The van der Waals surface area contributed by atoms with Crippen LogP contribution in [0.3, 0.4) is 0 Å². The molecule has 0 atom stereocenters. The summed E-state index contributed by atoms with van der Waals surface area (Å²) < 4.78 is 32.2. The molecule has 0 spiro atoms. The first-order valence-corrected chi connectivity index (χ1v) is 11.0. The van der Waals surface area contributed by atoms with E-state index in [-0.39, 0.29) is 36.0 Å². The lowest BCUT2D eigenvalue weighted by atomic mass is 10.2. The van der Waals surface area contributed by atoms with Gasteiger partial charge in [-0.1, -0.05) is 23.8 Å². The van der Waals surface area contributed by atoms with Gasteiger partial charge in [0.25, 0.3) is 5.91 Å². The number of sulfonamides is 1. The molecule has 1 N–H and O–H groups in total. The maximum Gasteiger partial charge on any atom is 0.254 e. The molecule has 1 saturated heterocycles. The third-order valence-electron chi connectivity index (χ3n) is 4.75. The molecular formula is C21H25N3O5S. The summed E-state index contributed by atoms with van der Waals surface area (Å²) in [7, 11) is -2.21. The monoisotopic (exact) mass is 431 g/mol. The summed E-state index contributed by atoms with van der Waals surface area (Å²) in [6.45, 7) is 3.03. The van der Waals surface area contributed by atoms with Crippen molar-refractivity contribution in [2.45, 2.75) is 11.8 Å². The van der Waals surface area contributed by atoms with E-state index >= 15 is 0 Å². The number of nitrogens with zero attached hydrogens (tertiary/aromatic N) is 2. The molecule has 1 aliphatic rings. The summed E-state index contributed by atoms with van der Waals surface area (Å²) in [5.41, 5.74) is 1.92. The number of hydrogen-bond acceptors (Lipinski definition) is 5. The molecule has 0 unspecified atom stereocenters. The fraction of sp³-hybridized carbons (Fsp3) is 0.333. The Labute approximate surface area is 176 Å². The lowest BCUT2D eigenvalue weighted by Crippen LogP contribution is -2.40. The molecule has 0 saturated carbocycles. The number of anilines is 1. The third kappa shape index (κ3) is 5.24. The minimum Gasteiger partial charge on any atom is -0.379 e. The van der Waals surface area contributed by atoms with Gasteiger partial charge in [0, 0.05) is 31.4 Å². The SMILES string of the molecule is Cc1ccc(NC(=O)CN(C)C(=O)c2cccc(S(=O)(=O)N3CCOCC3)c2)cc1. The Morgan fingerprint density at radius 1 is 1.10 bits per heavy atom. The molecule has 9 heteroatoms. The number of aryl methyl sites for hydroxylation is 1. The average molecular weight is 432 g/mol. The molecule has 0 aromatic heterocycles. The van der Waals surface area contributed by atoms with E-state index in [1.54, 1.807) is 12.1 Å². The van der Waals surface area contributed by atoms with Gasteiger partial charge in [-0.25, -0.2) is 8.42 Å². The van der Waals surface area contributed by atoms with E-state index in [4.69, 9.17) is 4.74 Å². The zero-order valence-corrected chi connectivity index (χ0v) is 17.8. The number of carbonyl (C=O) groups excluding carboxylic acids is 2. The predicted octanol–water partition coefficient (Wildman–Crippen LogP) is 1.73. The first kappa shape index (κ1) is 21.9. The molecule has 3 rings (SSSR count). The predicted molar refractivity (Wildman–Crippen MR) is 113 cm³/mol. The number of amides is 2.